The molecule has 1 aliphatic rings. The molecular formula is C5H15N3O. The summed E-state index contributed by atoms with van der Waals surface area (Å²) in [6.07, 6.45) is 0. The summed E-state index contributed by atoms with van der Waals surface area (Å²) < 4.78 is 0. The molecule has 56 valence electrons. The highest BCUT2D eigenvalue weighted by molar-refractivity contribution is 4.59. The van der Waals surface area contributed by atoms with E-state index in [1.54, 1.807) is 7.11 Å². The van der Waals surface area contributed by atoms with Crippen LogP contribution in [0.5, 0.6) is 0 Å². The smallest absolute Gasteiger partial charge is 0.0575 e. The largest absolute Gasteiger partial charge is 0.344 e. The van der Waals surface area contributed by atoms with E-state index in [2.05, 4.69) is 5.32 Å². The van der Waals surface area contributed by atoms with Gasteiger partial charge in [-0.05, 0) is 0 Å². The Morgan fingerprint density at radius 1 is 1.33 bits per heavy atom. The molecule has 0 aromatic rings. The predicted octanol–water partition coefficient (Wildman–Crippen LogP) is -0.385. The van der Waals surface area contributed by atoms with Crippen LogP contribution in [0.25, 0.3) is 0 Å². The van der Waals surface area contributed by atoms with Crippen molar-refractivity contribution in [1.29, 1.82) is 0 Å². The molecule has 9 heavy (non-hydrogen) atoms. The first-order chi connectivity index (χ1) is 3.93. The summed E-state index contributed by atoms with van der Waals surface area (Å²) in [5, 5.41) is 5.18. The van der Waals surface area contributed by atoms with Gasteiger partial charge < -0.3 is 16.3 Å². The Morgan fingerprint density at radius 3 is 2.22 bits per heavy atom. The van der Waals surface area contributed by atoms with E-state index in [0.717, 1.165) is 26.2 Å². The average molecular weight is 133 g/mol. The third-order valence-corrected chi connectivity index (χ3v) is 1.33. The summed E-state index contributed by atoms with van der Waals surface area (Å²) in [5.41, 5.74) is 0. The third-order valence-electron chi connectivity index (χ3n) is 1.33. The van der Waals surface area contributed by atoms with Crippen LogP contribution in [0, 0.1) is 0 Å². The number of rotatable bonds is 1. The Hall–Kier alpha value is -0.160. The zero-order chi connectivity index (χ0) is 5.82. The predicted molar refractivity (Wildman–Crippen MR) is 36.5 cm³/mol. The van der Waals surface area contributed by atoms with E-state index < -0.39 is 0 Å². The lowest BCUT2D eigenvalue weighted by molar-refractivity contribution is -0.136. The first-order valence-electron chi connectivity index (χ1n) is 2.93. The van der Waals surface area contributed by atoms with E-state index in [9.17, 15) is 0 Å². The summed E-state index contributed by atoms with van der Waals surface area (Å²) in [4.78, 5) is 4.98. The SMILES string of the molecule is CON1CCNCC1.N. The molecule has 1 heterocycles. The van der Waals surface area contributed by atoms with Gasteiger partial charge in [-0.25, -0.2) is 0 Å². The van der Waals surface area contributed by atoms with E-state index in [1.807, 2.05) is 5.06 Å². The summed E-state index contributed by atoms with van der Waals surface area (Å²) >= 11 is 0. The number of nitrogens with one attached hydrogen (secondary N) is 1. The van der Waals surface area contributed by atoms with Gasteiger partial charge in [-0.2, -0.15) is 5.06 Å². The van der Waals surface area contributed by atoms with Crippen LogP contribution in [0.15, 0.2) is 0 Å². The molecule has 0 saturated carbocycles. The highest BCUT2D eigenvalue weighted by Gasteiger charge is 2.06. The molecule has 0 radical (unpaired) electrons. The number of nitrogens with zero attached hydrogens (tertiary/aromatic N) is 1. The number of hydrogen-bond acceptors (Lipinski definition) is 4. The van der Waals surface area contributed by atoms with Crippen LogP contribution in [0.1, 0.15) is 0 Å². The summed E-state index contributed by atoms with van der Waals surface area (Å²) in [6, 6.07) is 0. The average Bonchev–Trinajstić information content (AvgIpc) is 1.90. The number of hydrogen-bond donors (Lipinski definition) is 2. The van der Waals surface area contributed by atoms with Crippen molar-refractivity contribution < 1.29 is 4.84 Å². The zero-order valence-corrected chi connectivity index (χ0v) is 5.89. The standard InChI is InChI=1S/C5H12N2O.H3N/c1-8-7-4-2-6-3-5-7;/h6H,2-5H2,1H3;1H3. The molecule has 0 amide bonds. The molecule has 4 heteroatoms. The van der Waals surface area contributed by atoms with Crippen LogP contribution in [0.4, 0.5) is 0 Å². The van der Waals surface area contributed by atoms with Crippen molar-refractivity contribution >= 4 is 0 Å². The minimum Gasteiger partial charge on any atom is -0.344 e. The highest BCUT2D eigenvalue weighted by Crippen LogP contribution is 1.88. The van der Waals surface area contributed by atoms with Crippen molar-refractivity contribution in [3.05, 3.63) is 0 Å². The van der Waals surface area contributed by atoms with Crippen LogP contribution in [0.3, 0.4) is 0 Å². The first-order valence-corrected chi connectivity index (χ1v) is 2.93. The lowest BCUT2D eigenvalue weighted by Crippen LogP contribution is -2.42. The highest BCUT2D eigenvalue weighted by atomic mass is 16.7. The van der Waals surface area contributed by atoms with Gasteiger partial charge in [0.2, 0.25) is 0 Å². The van der Waals surface area contributed by atoms with Crippen LogP contribution < -0.4 is 11.5 Å². The summed E-state index contributed by atoms with van der Waals surface area (Å²) in [7, 11) is 1.71. The second-order valence-electron chi connectivity index (χ2n) is 1.86. The van der Waals surface area contributed by atoms with E-state index >= 15 is 0 Å². The Bertz CT molecular complexity index is 63.2. The van der Waals surface area contributed by atoms with Gasteiger partial charge in [-0.15, -0.1) is 0 Å². The van der Waals surface area contributed by atoms with Gasteiger partial charge in [0.15, 0.2) is 0 Å². The van der Waals surface area contributed by atoms with E-state index in [1.165, 1.54) is 0 Å². The summed E-state index contributed by atoms with van der Waals surface area (Å²) in [5.74, 6) is 0. The van der Waals surface area contributed by atoms with Gasteiger partial charge in [0, 0.05) is 26.2 Å². The maximum atomic E-state index is 4.98. The molecule has 0 atom stereocenters. The molecule has 4 N–H and O–H groups in total. The van der Waals surface area contributed by atoms with E-state index in [0.29, 0.717) is 0 Å². The molecule has 1 saturated heterocycles. The molecule has 1 rings (SSSR count). The number of hydroxylamine groups is 2. The van der Waals surface area contributed by atoms with E-state index in [4.69, 9.17) is 4.84 Å². The minimum absolute atomic E-state index is 0. The van der Waals surface area contributed by atoms with Crippen molar-refractivity contribution in [3.8, 4) is 0 Å². The van der Waals surface area contributed by atoms with Crippen LogP contribution in [-0.4, -0.2) is 38.4 Å². The fourth-order valence-electron chi connectivity index (χ4n) is 0.827. The van der Waals surface area contributed by atoms with Crippen molar-refractivity contribution in [2.24, 2.45) is 0 Å². The van der Waals surface area contributed by atoms with Crippen molar-refractivity contribution in [2.45, 2.75) is 0 Å². The molecular weight excluding hydrogens is 118 g/mol. The maximum absolute atomic E-state index is 4.98. The van der Waals surface area contributed by atoms with Gasteiger partial charge in [0.1, 0.15) is 0 Å². The van der Waals surface area contributed by atoms with Crippen molar-refractivity contribution in [2.75, 3.05) is 33.3 Å². The Morgan fingerprint density at radius 2 is 1.89 bits per heavy atom. The summed E-state index contributed by atoms with van der Waals surface area (Å²) in [6.45, 7) is 4.12. The van der Waals surface area contributed by atoms with Gasteiger partial charge in [0.25, 0.3) is 0 Å². The molecule has 0 aromatic heterocycles. The molecule has 0 unspecified atom stereocenters. The molecule has 0 bridgehead atoms. The first kappa shape index (κ1) is 8.84. The normalized spacial score (nSPS) is 21.0. The zero-order valence-electron chi connectivity index (χ0n) is 5.89. The Kier molecular flexibility index (Phi) is 4.61. The van der Waals surface area contributed by atoms with Crippen LogP contribution >= 0.6 is 0 Å². The molecule has 0 aromatic carbocycles. The monoisotopic (exact) mass is 133 g/mol. The van der Waals surface area contributed by atoms with Gasteiger partial charge in [-0.1, -0.05) is 0 Å². The third kappa shape index (κ3) is 2.76. The van der Waals surface area contributed by atoms with Crippen molar-refractivity contribution in [1.82, 2.24) is 16.5 Å². The second-order valence-corrected chi connectivity index (χ2v) is 1.86. The Balaban J connectivity index is 0.000000640. The molecule has 1 aliphatic heterocycles. The molecule has 4 nitrogen and oxygen atoms in total. The molecule has 1 fully saturated rings. The fourth-order valence-corrected chi connectivity index (χ4v) is 0.827. The minimum atomic E-state index is 0. The van der Waals surface area contributed by atoms with Crippen molar-refractivity contribution in [3.63, 3.8) is 0 Å². The fraction of sp³-hybridized carbons (Fsp3) is 1.00. The van der Waals surface area contributed by atoms with Gasteiger partial charge in [0.05, 0.1) is 7.11 Å². The van der Waals surface area contributed by atoms with Gasteiger partial charge >= 0.3 is 0 Å². The lowest BCUT2D eigenvalue weighted by Gasteiger charge is -2.24. The quantitative estimate of drug-likeness (QED) is 0.511. The second kappa shape index (κ2) is 4.69. The Labute approximate surface area is 55.7 Å². The van der Waals surface area contributed by atoms with Crippen LogP contribution in [-0.2, 0) is 4.84 Å². The number of piperazine rings is 1. The van der Waals surface area contributed by atoms with E-state index in [-0.39, 0.29) is 6.15 Å². The van der Waals surface area contributed by atoms with Gasteiger partial charge in [-0.3, -0.25) is 0 Å². The topological polar surface area (TPSA) is 59.5 Å². The lowest BCUT2D eigenvalue weighted by atomic mass is 10.4. The maximum Gasteiger partial charge on any atom is 0.0575 e. The molecule has 0 aliphatic carbocycles. The molecule has 0 spiro atoms. The van der Waals surface area contributed by atoms with Crippen LogP contribution in [0.2, 0.25) is 0 Å².